The number of amides is 2. The summed E-state index contributed by atoms with van der Waals surface area (Å²) in [5, 5.41) is 4.76. The molecule has 0 aliphatic carbocycles. The van der Waals surface area contributed by atoms with Crippen LogP contribution in [0.3, 0.4) is 0 Å². The molecule has 7 nitrogen and oxygen atoms in total. The number of pyridine rings is 1. The van der Waals surface area contributed by atoms with Crippen LogP contribution in [0.15, 0.2) is 18.3 Å². The fraction of sp³-hybridized carbons (Fsp3) is 0.562. The molecule has 26 heavy (non-hydrogen) atoms. The van der Waals surface area contributed by atoms with Crippen LogP contribution in [0.5, 0.6) is 0 Å². The zero-order chi connectivity index (χ0) is 19.4. The van der Waals surface area contributed by atoms with Crippen LogP contribution in [-0.4, -0.2) is 60.1 Å². The van der Waals surface area contributed by atoms with Gasteiger partial charge in [-0.25, -0.2) is 4.98 Å². The van der Waals surface area contributed by atoms with E-state index in [0.29, 0.717) is 13.2 Å². The minimum atomic E-state index is -4.56. The number of anilines is 1. The molecule has 2 heterocycles. The third-order valence-corrected chi connectivity index (χ3v) is 4.07. The summed E-state index contributed by atoms with van der Waals surface area (Å²) >= 11 is 0. The van der Waals surface area contributed by atoms with Crippen molar-refractivity contribution < 1.29 is 27.5 Å². The van der Waals surface area contributed by atoms with E-state index < -0.39 is 23.7 Å². The summed E-state index contributed by atoms with van der Waals surface area (Å²) in [4.78, 5) is 29.2. The van der Waals surface area contributed by atoms with E-state index in [1.54, 1.807) is 0 Å². The predicted molar refractivity (Wildman–Crippen MR) is 87.3 cm³/mol. The summed E-state index contributed by atoms with van der Waals surface area (Å²) in [7, 11) is 0. The zero-order valence-electron chi connectivity index (χ0n) is 14.5. The van der Waals surface area contributed by atoms with Crippen molar-refractivity contribution >= 4 is 17.5 Å². The largest absolute Gasteiger partial charge is 0.433 e. The van der Waals surface area contributed by atoms with Crippen LogP contribution < -0.4 is 10.6 Å². The fourth-order valence-corrected chi connectivity index (χ4v) is 2.48. The van der Waals surface area contributed by atoms with Gasteiger partial charge in [0.1, 0.15) is 5.69 Å². The van der Waals surface area contributed by atoms with Gasteiger partial charge in [-0.3, -0.25) is 14.5 Å². The number of morpholine rings is 1. The molecule has 0 bridgehead atoms. The SMILES string of the molecule is CC(C)(CNC(=O)C(=O)Nc1ccc(C(F)(F)F)nc1)N1CCOCC1. The lowest BCUT2D eigenvalue weighted by molar-refractivity contribution is -0.141. The predicted octanol–water partition coefficient (Wildman–Crippen LogP) is 1.27. The number of ether oxygens (including phenoxy) is 1. The fourth-order valence-electron chi connectivity index (χ4n) is 2.48. The molecule has 10 heteroatoms. The van der Waals surface area contributed by atoms with Gasteiger partial charge in [0, 0.05) is 25.2 Å². The van der Waals surface area contributed by atoms with Crippen molar-refractivity contribution in [1.29, 1.82) is 0 Å². The molecule has 0 spiro atoms. The molecule has 0 atom stereocenters. The maximum atomic E-state index is 12.5. The lowest BCUT2D eigenvalue weighted by Gasteiger charge is -2.40. The quantitative estimate of drug-likeness (QED) is 0.776. The van der Waals surface area contributed by atoms with E-state index in [1.165, 1.54) is 0 Å². The Bertz CT molecular complexity index is 641. The Labute approximate surface area is 148 Å². The summed E-state index contributed by atoms with van der Waals surface area (Å²) < 4.78 is 42.6. The van der Waals surface area contributed by atoms with Crippen LogP contribution in [0, 0.1) is 0 Å². The van der Waals surface area contributed by atoms with Crippen molar-refractivity contribution in [3.63, 3.8) is 0 Å². The van der Waals surface area contributed by atoms with E-state index in [9.17, 15) is 22.8 Å². The Kier molecular flexibility index (Phi) is 6.19. The smallest absolute Gasteiger partial charge is 0.379 e. The van der Waals surface area contributed by atoms with Crippen LogP contribution in [0.4, 0.5) is 18.9 Å². The first-order chi connectivity index (χ1) is 12.1. The normalized spacial score (nSPS) is 16.2. The second-order valence-corrected chi connectivity index (χ2v) is 6.48. The molecule has 0 aromatic carbocycles. The van der Waals surface area contributed by atoms with Gasteiger partial charge in [-0.2, -0.15) is 13.2 Å². The highest BCUT2D eigenvalue weighted by Crippen LogP contribution is 2.27. The van der Waals surface area contributed by atoms with Crippen molar-refractivity contribution in [2.75, 3.05) is 38.2 Å². The van der Waals surface area contributed by atoms with Crippen LogP contribution in [-0.2, 0) is 20.5 Å². The number of carbonyl (C=O) groups is 2. The molecule has 144 valence electrons. The van der Waals surface area contributed by atoms with E-state index in [1.807, 2.05) is 13.8 Å². The van der Waals surface area contributed by atoms with E-state index in [4.69, 9.17) is 4.74 Å². The number of nitrogens with zero attached hydrogens (tertiary/aromatic N) is 2. The van der Waals surface area contributed by atoms with Gasteiger partial charge in [0.05, 0.1) is 25.1 Å². The molecule has 1 fully saturated rings. The molecule has 2 rings (SSSR count). The van der Waals surface area contributed by atoms with E-state index >= 15 is 0 Å². The van der Waals surface area contributed by atoms with Crippen LogP contribution >= 0.6 is 0 Å². The van der Waals surface area contributed by atoms with Crippen molar-refractivity contribution in [3.8, 4) is 0 Å². The maximum Gasteiger partial charge on any atom is 0.433 e. The summed E-state index contributed by atoms with van der Waals surface area (Å²) in [6.45, 7) is 6.80. The van der Waals surface area contributed by atoms with E-state index in [2.05, 4.69) is 20.5 Å². The van der Waals surface area contributed by atoms with Gasteiger partial charge in [-0.1, -0.05) is 0 Å². The van der Waals surface area contributed by atoms with Crippen molar-refractivity contribution in [2.45, 2.75) is 25.6 Å². The van der Waals surface area contributed by atoms with Gasteiger partial charge < -0.3 is 15.4 Å². The number of hydrogen-bond donors (Lipinski definition) is 2. The number of rotatable bonds is 4. The average molecular weight is 374 g/mol. The Morgan fingerprint density at radius 3 is 2.38 bits per heavy atom. The standard InChI is InChI=1S/C16H21F3N4O3/c1-15(2,23-5-7-26-8-6-23)10-21-13(24)14(25)22-11-3-4-12(20-9-11)16(17,18)19/h3-4,9H,5-8,10H2,1-2H3,(H,21,24)(H,22,25). The first-order valence-corrected chi connectivity index (χ1v) is 8.05. The van der Waals surface area contributed by atoms with Gasteiger partial charge in [0.2, 0.25) is 0 Å². The second-order valence-electron chi connectivity index (χ2n) is 6.48. The third-order valence-electron chi connectivity index (χ3n) is 4.07. The highest BCUT2D eigenvalue weighted by Gasteiger charge is 2.32. The summed E-state index contributed by atoms with van der Waals surface area (Å²) in [5.41, 5.74) is -1.44. The van der Waals surface area contributed by atoms with Crippen LogP contribution in [0.1, 0.15) is 19.5 Å². The van der Waals surface area contributed by atoms with Crippen molar-refractivity contribution in [3.05, 3.63) is 24.0 Å². The van der Waals surface area contributed by atoms with Crippen molar-refractivity contribution in [2.24, 2.45) is 0 Å². The van der Waals surface area contributed by atoms with Gasteiger partial charge >= 0.3 is 18.0 Å². The first kappa shape index (κ1) is 20.1. The maximum absolute atomic E-state index is 12.5. The third kappa shape index (κ3) is 5.40. The molecule has 0 unspecified atom stereocenters. The monoisotopic (exact) mass is 374 g/mol. The number of aromatic nitrogens is 1. The highest BCUT2D eigenvalue weighted by atomic mass is 19.4. The number of hydrogen-bond acceptors (Lipinski definition) is 5. The molecule has 0 radical (unpaired) electrons. The molecular formula is C16H21F3N4O3. The second kappa shape index (κ2) is 8.00. The lowest BCUT2D eigenvalue weighted by atomic mass is 10.0. The van der Waals surface area contributed by atoms with Crippen molar-refractivity contribution in [1.82, 2.24) is 15.2 Å². The lowest BCUT2D eigenvalue weighted by Crippen LogP contribution is -2.56. The van der Waals surface area contributed by atoms with E-state index in [0.717, 1.165) is 31.4 Å². The summed E-state index contributed by atoms with van der Waals surface area (Å²) in [6, 6.07) is 1.77. The molecule has 1 aliphatic rings. The molecular weight excluding hydrogens is 353 g/mol. The molecule has 1 aliphatic heterocycles. The minimum Gasteiger partial charge on any atom is -0.379 e. The number of carbonyl (C=O) groups excluding carboxylic acids is 2. The molecule has 1 aromatic heterocycles. The van der Waals surface area contributed by atoms with E-state index in [-0.39, 0.29) is 17.8 Å². The van der Waals surface area contributed by atoms with Gasteiger partial charge in [-0.05, 0) is 26.0 Å². The summed E-state index contributed by atoms with van der Waals surface area (Å²) in [5.74, 6) is -1.84. The Morgan fingerprint density at radius 2 is 1.85 bits per heavy atom. The zero-order valence-corrected chi connectivity index (χ0v) is 14.5. The molecule has 2 N–H and O–H groups in total. The van der Waals surface area contributed by atoms with Gasteiger partial charge in [-0.15, -0.1) is 0 Å². The molecule has 1 aromatic rings. The van der Waals surface area contributed by atoms with Crippen LogP contribution in [0.25, 0.3) is 0 Å². The Morgan fingerprint density at radius 1 is 1.19 bits per heavy atom. The molecule has 0 saturated carbocycles. The minimum absolute atomic E-state index is 0.00518. The molecule has 2 amide bonds. The Hall–Kier alpha value is -2.20. The Balaban J connectivity index is 1.86. The summed E-state index contributed by atoms with van der Waals surface area (Å²) in [6.07, 6.45) is -3.71. The molecule has 1 saturated heterocycles. The average Bonchev–Trinajstić information content (AvgIpc) is 2.60. The van der Waals surface area contributed by atoms with Crippen LogP contribution in [0.2, 0.25) is 0 Å². The topological polar surface area (TPSA) is 83.6 Å². The number of halogens is 3. The highest BCUT2D eigenvalue weighted by molar-refractivity contribution is 6.39. The first-order valence-electron chi connectivity index (χ1n) is 8.05. The number of nitrogens with one attached hydrogen (secondary N) is 2. The van der Waals surface area contributed by atoms with Gasteiger partial charge in [0.25, 0.3) is 0 Å². The van der Waals surface area contributed by atoms with Gasteiger partial charge in [0.15, 0.2) is 0 Å². The number of alkyl halides is 3.